The molecule has 1 aliphatic rings. The summed E-state index contributed by atoms with van der Waals surface area (Å²) in [6, 6.07) is -0.218. The van der Waals surface area contributed by atoms with E-state index >= 15 is 0 Å². The maximum absolute atomic E-state index is 12.6. The third-order valence-electron chi connectivity index (χ3n) is 3.74. The van der Waals surface area contributed by atoms with E-state index in [1.807, 2.05) is 0 Å². The molecule has 1 aliphatic heterocycles. The minimum absolute atomic E-state index is 0.214. The lowest BCUT2D eigenvalue weighted by Crippen LogP contribution is -2.52. The number of rotatable bonds is 5. The molecule has 0 spiro atoms. The van der Waals surface area contributed by atoms with Crippen LogP contribution in [0.5, 0.6) is 0 Å². The van der Waals surface area contributed by atoms with E-state index < -0.39 is 27.2 Å². The van der Waals surface area contributed by atoms with Crippen molar-refractivity contribution in [2.45, 2.75) is 50.8 Å². The zero-order valence-corrected chi connectivity index (χ0v) is 17.2. The summed E-state index contributed by atoms with van der Waals surface area (Å²) in [6.07, 6.45) is -0.117. The molecule has 28 heavy (non-hydrogen) atoms. The standard InChI is InChI=1S/C15H28F3N5O4S/c1-14(2,3)27-13(24)21-8-7-20-12(19-4)22-11-5-9-23(10-6-11)28(25,26)15(16,17)18/h11H,5-10H2,1-4H3,(H,21,24)(H2,19,20,22). The van der Waals surface area contributed by atoms with E-state index in [2.05, 4.69) is 20.9 Å². The fourth-order valence-corrected chi connectivity index (χ4v) is 3.42. The molecule has 0 aromatic rings. The minimum Gasteiger partial charge on any atom is -0.444 e. The Kier molecular flexibility index (Phi) is 8.35. The van der Waals surface area contributed by atoms with Crippen LogP contribution in [0.2, 0.25) is 0 Å². The Bertz CT molecular complexity index is 654. The van der Waals surface area contributed by atoms with Gasteiger partial charge in [-0.1, -0.05) is 0 Å². The first-order valence-electron chi connectivity index (χ1n) is 8.76. The molecule has 0 unspecified atom stereocenters. The van der Waals surface area contributed by atoms with Crippen LogP contribution in [0.3, 0.4) is 0 Å². The van der Waals surface area contributed by atoms with Crippen molar-refractivity contribution in [1.29, 1.82) is 0 Å². The third-order valence-corrected chi connectivity index (χ3v) is 5.37. The van der Waals surface area contributed by atoms with Gasteiger partial charge >= 0.3 is 21.6 Å². The number of halogens is 3. The second-order valence-corrected chi connectivity index (χ2v) is 9.13. The van der Waals surface area contributed by atoms with E-state index in [4.69, 9.17) is 4.74 Å². The lowest BCUT2D eigenvalue weighted by atomic mass is 10.1. The predicted molar refractivity (Wildman–Crippen MR) is 98.3 cm³/mol. The minimum atomic E-state index is -5.29. The highest BCUT2D eigenvalue weighted by Gasteiger charge is 2.50. The molecule has 9 nitrogen and oxygen atoms in total. The van der Waals surface area contributed by atoms with Crippen LogP contribution in [-0.2, 0) is 14.8 Å². The number of nitrogens with one attached hydrogen (secondary N) is 3. The average Bonchev–Trinajstić information content (AvgIpc) is 2.55. The highest BCUT2D eigenvalue weighted by Crippen LogP contribution is 2.28. The van der Waals surface area contributed by atoms with Crippen molar-refractivity contribution in [2.75, 3.05) is 33.2 Å². The summed E-state index contributed by atoms with van der Waals surface area (Å²) in [5.74, 6) is 0.406. The summed E-state index contributed by atoms with van der Waals surface area (Å²) in [4.78, 5) is 15.5. The zero-order valence-electron chi connectivity index (χ0n) is 16.4. The number of hydrogen-bond acceptors (Lipinski definition) is 5. The Labute approximate surface area is 163 Å². The van der Waals surface area contributed by atoms with E-state index in [9.17, 15) is 26.4 Å². The van der Waals surface area contributed by atoms with Crippen LogP contribution in [0, 0.1) is 0 Å². The van der Waals surface area contributed by atoms with Gasteiger partial charge in [-0.2, -0.15) is 17.5 Å². The normalized spacial score (nSPS) is 17.9. The largest absolute Gasteiger partial charge is 0.511 e. The molecule has 13 heteroatoms. The van der Waals surface area contributed by atoms with E-state index in [1.165, 1.54) is 7.05 Å². The van der Waals surface area contributed by atoms with Crippen molar-refractivity contribution in [2.24, 2.45) is 4.99 Å². The van der Waals surface area contributed by atoms with Crippen molar-refractivity contribution in [3.05, 3.63) is 0 Å². The van der Waals surface area contributed by atoms with Gasteiger partial charge in [0.15, 0.2) is 5.96 Å². The second-order valence-electron chi connectivity index (χ2n) is 7.20. The van der Waals surface area contributed by atoms with Gasteiger partial charge < -0.3 is 20.7 Å². The number of sulfonamides is 1. The van der Waals surface area contributed by atoms with Crippen LogP contribution >= 0.6 is 0 Å². The van der Waals surface area contributed by atoms with Crippen molar-refractivity contribution in [3.63, 3.8) is 0 Å². The maximum Gasteiger partial charge on any atom is 0.511 e. The highest BCUT2D eigenvalue weighted by atomic mass is 32.2. The van der Waals surface area contributed by atoms with E-state index in [0.29, 0.717) is 16.8 Å². The second kappa shape index (κ2) is 9.63. The Morgan fingerprint density at radius 3 is 2.14 bits per heavy atom. The van der Waals surface area contributed by atoms with Gasteiger partial charge in [0.25, 0.3) is 0 Å². The van der Waals surface area contributed by atoms with Crippen LogP contribution in [0.1, 0.15) is 33.6 Å². The number of nitrogens with zero attached hydrogens (tertiary/aromatic N) is 2. The Morgan fingerprint density at radius 1 is 1.14 bits per heavy atom. The number of piperidine rings is 1. The first-order valence-corrected chi connectivity index (χ1v) is 10.2. The van der Waals surface area contributed by atoms with Gasteiger partial charge in [0, 0.05) is 39.3 Å². The molecule has 1 fully saturated rings. The van der Waals surface area contributed by atoms with E-state index in [1.54, 1.807) is 20.8 Å². The molecule has 1 saturated heterocycles. The predicted octanol–water partition coefficient (Wildman–Crippen LogP) is 0.990. The molecular formula is C15H28F3N5O4S. The van der Waals surface area contributed by atoms with Gasteiger partial charge in [0.1, 0.15) is 5.60 Å². The van der Waals surface area contributed by atoms with Crippen molar-refractivity contribution in [3.8, 4) is 0 Å². The highest BCUT2D eigenvalue weighted by molar-refractivity contribution is 7.90. The molecule has 0 radical (unpaired) electrons. The zero-order chi connectivity index (χ0) is 21.6. The average molecular weight is 431 g/mol. The van der Waals surface area contributed by atoms with Gasteiger partial charge in [-0.15, -0.1) is 0 Å². The van der Waals surface area contributed by atoms with Crippen LogP contribution < -0.4 is 16.0 Å². The molecule has 3 N–H and O–H groups in total. The molecule has 1 rings (SSSR count). The molecule has 0 saturated carbocycles. The van der Waals surface area contributed by atoms with E-state index in [0.717, 1.165) is 0 Å². The molecule has 1 heterocycles. The van der Waals surface area contributed by atoms with Gasteiger partial charge in [0.2, 0.25) is 0 Å². The number of aliphatic imine (C=N–C) groups is 1. The van der Waals surface area contributed by atoms with Gasteiger partial charge in [-0.25, -0.2) is 13.2 Å². The third kappa shape index (κ3) is 7.70. The van der Waals surface area contributed by atoms with Gasteiger partial charge in [-0.05, 0) is 33.6 Å². The summed E-state index contributed by atoms with van der Waals surface area (Å²) in [5, 5.41) is 8.56. The monoisotopic (exact) mass is 431 g/mol. The summed E-state index contributed by atoms with van der Waals surface area (Å²) < 4.78 is 66.1. The van der Waals surface area contributed by atoms with Gasteiger partial charge in [-0.3, -0.25) is 4.99 Å². The summed E-state index contributed by atoms with van der Waals surface area (Å²) in [6.45, 7) is 5.43. The quantitative estimate of drug-likeness (QED) is 0.340. The Hall–Kier alpha value is -1.76. The topological polar surface area (TPSA) is 112 Å². The number of carbonyl (C=O) groups excluding carboxylic acids is 1. The fourth-order valence-electron chi connectivity index (χ4n) is 2.43. The molecule has 164 valence electrons. The first kappa shape index (κ1) is 24.3. The molecule has 0 aromatic carbocycles. The lowest BCUT2D eigenvalue weighted by Gasteiger charge is -2.32. The molecule has 1 amide bonds. The van der Waals surface area contributed by atoms with Crippen molar-refractivity contribution >= 4 is 22.1 Å². The van der Waals surface area contributed by atoms with Crippen molar-refractivity contribution in [1.82, 2.24) is 20.3 Å². The first-order chi connectivity index (χ1) is 12.8. The number of carbonyl (C=O) groups is 1. The molecular weight excluding hydrogens is 403 g/mol. The fraction of sp³-hybridized carbons (Fsp3) is 0.867. The van der Waals surface area contributed by atoms with Crippen molar-refractivity contribution < 1.29 is 31.1 Å². The SMILES string of the molecule is CN=C(NCCNC(=O)OC(C)(C)C)NC1CCN(S(=O)(=O)C(F)(F)F)CC1. The summed E-state index contributed by atoms with van der Waals surface area (Å²) >= 11 is 0. The molecule has 0 bridgehead atoms. The molecule has 0 aliphatic carbocycles. The van der Waals surface area contributed by atoms with Crippen LogP contribution in [0.15, 0.2) is 4.99 Å². The molecule has 0 aromatic heterocycles. The summed E-state index contributed by atoms with van der Waals surface area (Å²) in [5.41, 5.74) is -5.88. The Balaban J connectivity index is 2.37. The van der Waals surface area contributed by atoms with Gasteiger partial charge in [0.05, 0.1) is 0 Å². The number of hydrogen-bond donors (Lipinski definition) is 3. The number of alkyl carbamates (subject to hydrolysis) is 1. The number of amides is 1. The number of ether oxygens (including phenoxy) is 1. The number of guanidine groups is 1. The number of alkyl halides is 3. The molecule has 0 atom stereocenters. The lowest BCUT2D eigenvalue weighted by molar-refractivity contribution is -0.0494. The summed E-state index contributed by atoms with van der Waals surface area (Å²) in [7, 11) is -3.76. The van der Waals surface area contributed by atoms with Crippen LogP contribution in [0.4, 0.5) is 18.0 Å². The van der Waals surface area contributed by atoms with E-state index in [-0.39, 0.29) is 38.5 Å². The smallest absolute Gasteiger partial charge is 0.444 e. The maximum atomic E-state index is 12.6. The van der Waals surface area contributed by atoms with Crippen LogP contribution in [0.25, 0.3) is 0 Å². The van der Waals surface area contributed by atoms with Crippen LogP contribution in [-0.4, -0.2) is 75.2 Å². The Morgan fingerprint density at radius 2 is 1.68 bits per heavy atom.